The molecule has 0 saturated carbocycles. The molecule has 0 radical (unpaired) electrons. The molecule has 0 spiro atoms. The minimum Gasteiger partial charge on any atom is -0.327 e. The van der Waals surface area contributed by atoms with E-state index in [1.165, 1.54) is 18.5 Å². The van der Waals surface area contributed by atoms with Gasteiger partial charge >= 0.3 is 0 Å². The Labute approximate surface area is 105 Å². The van der Waals surface area contributed by atoms with Crippen LogP contribution < -0.4 is 5.73 Å². The molecule has 1 aliphatic rings. The highest BCUT2D eigenvalue weighted by atomic mass is 15.2. The van der Waals surface area contributed by atoms with Crippen LogP contribution in [0.3, 0.4) is 0 Å². The zero-order chi connectivity index (χ0) is 12.3. The first-order chi connectivity index (χ1) is 8.20. The molecular formula is C15H24N2. The fourth-order valence-electron chi connectivity index (χ4n) is 3.08. The van der Waals surface area contributed by atoms with Crippen LogP contribution in [0.2, 0.25) is 0 Å². The molecule has 2 N–H and O–H groups in total. The van der Waals surface area contributed by atoms with Crippen LogP contribution in [-0.4, -0.2) is 24.0 Å². The molecule has 3 atom stereocenters. The third kappa shape index (κ3) is 3.08. The maximum absolute atomic E-state index is 6.14. The van der Waals surface area contributed by atoms with Crippen molar-refractivity contribution >= 4 is 0 Å². The van der Waals surface area contributed by atoms with Crippen LogP contribution in [0.4, 0.5) is 0 Å². The molecular weight excluding hydrogens is 208 g/mol. The van der Waals surface area contributed by atoms with Gasteiger partial charge in [-0.15, -0.1) is 0 Å². The van der Waals surface area contributed by atoms with E-state index in [9.17, 15) is 0 Å². The van der Waals surface area contributed by atoms with E-state index in [0.717, 1.165) is 18.9 Å². The van der Waals surface area contributed by atoms with Gasteiger partial charge in [0.15, 0.2) is 0 Å². The summed E-state index contributed by atoms with van der Waals surface area (Å²) >= 11 is 0. The molecule has 2 heteroatoms. The fraction of sp³-hybridized carbons (Fsp3) is 0.600. The number of hydrogen-bond acceptors (Lipinski definition) is 2. The van der Waals surface area contributed by atoms with Gasteiger partial charge in [-0.3, -0.25) is 4.90 Å². The van der Waals surface area contributed by atoms with Crippen LogP contribution >= 0.6 is 0 Å². The van der Waals surface area contributed by atoms with Gasteiger partial charge in [0.2, 0.25) is 0 Å². The molecule has 94 valence electrons. The van der Waals surface area contributed by atoms with Crippen LogP contribution in [0.5, 0.6) is 0 Å². The van der Waals surface area contributed by atoms with E-state index in [1.54, 1.807) is 0 Å². The summed E-state index contributed by atoms with van der Waals surface area (Å²) in [6.07, 6.45) is 2.32. The molecule has 3 unspecified atom stereocenters. The molecule has 1 saturated heterocycles. The van der Waals surface area contributed by atoms with Gasteiger partial charge in [0, 0.05) is 25.2 Å². The summed E-state index contributed by atoms with van der Waals surface area (Å²) in [4.78, 5) is 2.56. The number of hydrogen-bond donors (Lipinski definition) is 1. The van der Waals surface area contributed by atoms with Gasteiger partial charge in [-0.2, -0.15) is 0 Å². The number of rotatable bonds is 3. The number of nitrogens with two attached hydrogens (primary N) is 1. The van der Waals surface area contributed by atoms with E-state index in [2.05, 4.69) is 49.1 Å². The molecule has 1 heterocycles. The second kappa shape index (κ2) is 5.65. The van der Waals surface area contributed by atoms with E-state index >= 15 is 0 Å². The van der Waals surface area contributed by atoms with Crippen LogP contribution in [0, 0.1) is 5.92 Å². The lowest BCUT2D eigenvalue weighted by Crippen LogP contribution is -2.47. The van der Waals surface area contributed by atoms with Crippen molar-refractivity contribution < 1.29 is 0 Å². The average Bonchev–Trinajstić information content (AvgIpc) is 2.30. The van der Waals surface area contributed by atoms with E-state index in [4.69, 9.17) is 5.73 Å². The molecule has 1 aliphatic heterocycles. The second-order valence-electron chi connectivity index (χ2n) is 5.39. The quantitative estimate of drug-likeness (QED) is 0.868. The Hall–Kier alpha value is -0.860. The van der Waals surface area contributed by atoms with Crippen molar-refractivity contribution in [1.29, 1.82) is 0 Å². The summed E-state index contributed by atoms with van der Waals surface area (Å²) in [5, 5.41) is 0. The van der Waals surface area contributed by atoms with Gasteiger partial charge in [0.1, 0.15) is 0 Å². The first kappa shape index (κ1) is 12.6. The smallest absolute Gasteiger partial charge is 0.0346 e. The number of nitrogens with zero attached hydrogens (tertiary/aromatic N) is 1. The highest BCUT2D eigenvalue weighted by Gasteiger charge is 2.27. The highest BCUT2D eigenvalue weighted by molar-refractivity contribution is 5.19. The van der Waals surface area contributed by atoms with E-state index < -0.39 is 0 Å². The maximum Gasteiger partial charge on any atom is 0.0346 e. The van der Waals surface area contributed by atoms with Crippen molar-refractivity contribution in [3.8, 4) is 0 Å². The Morgan fingerprint density at radius 1 is 1.29 bits per heavy atom. The topological polar surface area (TPSA) is 29.3 Å². The van der Waals surface area contributed by atoms with Crippen LogP contribution in [0.25, 0.3) is 0 Å². The molecule has 0 aliphatic carbocycles. The van der Waals surface area contributed by atoms with Gasteiger partial charge in [0.25, 0.3) is 0 Å². The van der Waals surface area contributed by atoms with Crippen LogP contribution in [0.1, 0.15) is 38.3 Å². The Morgan fingerprint density at radius 2 is 2.00 bits per heavy atom. The molecule has 0 aromatic heterocycles. The summed E-state index contributed by atoms with van der Waals surface area (Å²) in [5.41, 5.74) is 7.57. The first-order valence-electron chi connectivity index (χ1n) is 6.75. The summed E-state index contributed by atoms with van der Waals surface area (Å²) in [6.45, 7) is 6.80. The van der Waals surface area contributed by atoms with Crippen molar-refractivity contribution in [3.63, 3.8) is 0 Å². The van der Waals surface area contributed by atoms with Gasteiger partial charge in [0.05, 0.1) is 0 Å². The van der Waals surface area contributed by atoms with Crippen molar-refractivity contribution in [2.75, 3.05) is 13.1 Å². The third-order valence-electron chi connectivity index (χ3n) is 3.73. The van der Waals surface area contributed by atoms with Gasteiger partial charge in [-0.1, -0.05) is 44.2 Å². The van der Waals surface area contributed by atoms with Gasteiger partial charge < -0.3 is 5.73 Å². The molecule has 17 heavy (non-hydrogen) atoms. The van der Waals surface area contributed by atoms with Gasteiger partial charge in [-0.05, 0) is 24.3 Å². The number of benzene rings is 1. The summed E-state index contributed by atoms with van der Waals surface area (Å²) in [7, 11) is 0. The van der Waals surface area contributed by atoms with Gasteiger partial charge in [-0.25, -0.2) is 0 Å². The van der Waals surface area contributed by atoms with E-state index in [-0.39, 0.29) is 0 Å². The normalized spacial score (nSPS) is 27.9. The molecule has 0 bridgehead atoms. The molecule has 0 amide bonds. The minimum absolute atomic E-state index is 0.344. The molecule has 1 aromatic rings. The first-order valence-corrected chi connectivity index (χ1v) is 6.75. The Bertz CT molecular complexity index is 326. The van der Waals surface area contributed by atoms with Crippen LogP contribution in [0.15, 0.2) is 30.3 Å². The molecule has 2 rings (SSSR count). The van der Waals surface area contributed by atoms with E-state index in [0.29, 0.717) is 12.1 Å². The average molecular weight is 232 g/mol. The lowest BCUT2D eigenvalue weighted by molar-refractivity contribution is 0.112. The number of piperidine rings is 1. The Morgan fingerprint density at radius 3 is 2.59 bits per heavy atom. The Kier molecular flexibility index (Phi) is 4.19. The predicted octanol–water partition coefficient (Wildman–Crippen LogP) is 2.81. The van der Waals surface area contributed by atoms with Crippen molar-refractivity contribution in [2.45, 2.75) is 38.8 Å². The molecule has 2 nitrogen and oxygen atoms in total. The zero-order valence-electron chi connectivity index (χ0n) is 11.0. The molecule has 1 fully saturated rings. The van der Waals surface area contributed by atoms with E-state index in [1.807, 2.05) is 0 Å². The van der Waals surface area contributed by atoms with Crippen molar-refractivity contribution in [3.05, 3.63) is 35.9 Å². The SMILES string of the molecule is CCC(c1ccccc1)N1CC(C)CC(N)C1. The fourth-order valence-corrected chi connectivity index (χ4v) is 3.08. The van der Waals surface area contributed by atoms with Crippen molar-refractivity contribution in [1.82, 2.24) is 4.90 Å². The second-order valence-corrected chi connectivity index (χ2v) is 5.39. The lowest BCUT2D eigenvalue weighted by Gasteiger charge is -2.40. The third-order valence-corrected chi connectivity index (χ3v) is 3.73. The maximum atomic E-state index is 6.14. The lowest BCUT2D eigenvalue weighted by atomic mass is 9.92. The zero-order valence-corrected chi connectivity index (χ0v) is 11.0. The summed E-state index contributed by atoms with van der Waals surface area (Å²) in [6, 6.07) is 11.7. The minimum atomic E-state index is 0.344. The largest absolute Gasteiger partial charge is 0.327 e. The standard InChI is InChI=1S/C15H24N2/c1-3-15(13-7-5-4-6-8-13)17-10-12(2)9-14(16)11-17/h4-8,12,14-15H,3,9-11,16H2,1-2H3. The summed E-state index contributed by atoms with van der Waals surface area (Å²) < 4.78 is 0. The summed E-state index contributed by atoms with van der Waals surface area (Å²) in [5.74, 6) is 0.719. The molecule has 1 aromatic carbocycles. The number of likely N-dealkylation sites (tertiary alicyclic amines) is 1. The predicted molar refractivity (Wildman–Crippen MR) is 72.8 cm³/mol. The van der Waals surface area contributed by atoms with Crippen LogP contribution in [-0.2, 0) is 0 Å². The highest BCUT2D eigenvalue weighted by Crippen LogP contribution is 2.28. The van der Waals surface area contributed by atoms with Crippen molar-refractivity contribution in [2.24, 2.45) is 11.7 Å². The monoisotopic (exact) mass is 232 g/mol. The Balaban J connectivity index is 2.13.